The van der Waals surface area contributed by atoms with Gasteiger partial charge in [-0.3, -0.25) is 0 Å². The second kappa shape index (κ2) is 10.1. The molecular weight excluding hydrogens is 298 g/mol. The molecule has 1 heterocycles. The van der Waals surface area contributed by atoms with Gasteiger partial charge in [0, 0.05) is 18.5 Å². The zero-order chi connectivity index (χ0) is 14.9. The fraction of sp³-hybridized carbons (Fsp3) is 0.333. The standard InChI is InChI=1S/C12H17NO2.C6H6.ClH/c1-13-8-9-5-6-15-12-7-10(14-2)3-4-11(9)12;1-2-4-6-5-3-1;/h3-4,7,9,13H,5-6,8H2,1-2H3;1-6H;1H. The monoisotopic (exact) mass is 321 g/mol. The van der Waals surface area contributed by atoms with Crippen LogP contribution in [-0.2, 0) is 0 Å². The van der Waals surface area contributed by atoms with Gasteiger partial charge in [-0.1, -0.05) is 42.5 Å². The van der Waals surface area contributed by atoms with E-state index in [1.165, 1.54) is 5.56 Å². The van der Waals surface area contributed by atoms with Crippen molar-refractivity contribution in [2.75, 3.05) is 27.3 Å². The quantitative estimate of drug-likeness (QED) is 0.930. The number of hydrogen-bond donors (Lipinski definition) is 1. The molecule has 0 fully saturated rings. The van der Waals surface area contributed by atoms with Crippen molar-refractivity contribution in [3.8, 4) is 11.5 Å². The molecule has 3 rings (SSSR count). The Labute approximate surface area is 139 Å². The molecule has 0 saturated heterocycles. The predicted octanol–water partition coefficient (Wildman–Crippen LogP) is 3.89. The molecule has 1 atom stereocenters. The number of benzene rings is 2. The number of ether oxygens (including phenoxy) is 2. The molecule has 2 aromatic rings. The van der Waals surface area contributed by atoms with Crippen molar-refractivity contribution in [1.82, 2.24) is 5.32 Å². The highest BCUT2D eigenvalue weighted by Gasteiger charge is 2.20. The van der Waals surface area contributed by atoms with Crippen molar-refractivity contribution in [3.05, 3.63) is 60.2 Å². The summed E-state index contributed by atoms with van der Waals surface area (Å²) in [5, 5.41) is 3.22. The lowest BCUT2D eigenvalue weighted by Gasteiger charge is -2.26. The third kappa shape index (κ3) is 5.24. The first-order chi connectivity index (χ1) is 10.3. The van der Waals surface area contributed by atoms with Crippen LogP contribution in [0.5, 0.6) is 11.5 Å². The SMILES string of the molecule is CNCC1CCOc2cc(OC)ccc21.Cl.c1ccccc1. The van der Waals surface area contributed by atoms with E-state index in [9.17, 15) is 0 Å². The predicted molar refractivity (Wildman–Crippen MR) is 93.5 cm³/mol. The van der Waals surface area contributed by atoms with E-state index in [2.05, 4.69) is 11.4 Å². The summed E-state index contributed by atoms with van der Waals surface area (Å²) < 4.78 is 10.8. The van der Waals surface area contributed by atoms with E-state index in [1.54, 1.807) is 7.11 Å². The number of hydrogen-bond acceptors (Lipinski definition) is 3. The Morgan fingerprint density at radius 2 is 1.77 bits per heavy atom. The van der Waals surface area contributed by atoms with Gasteiger partial charge in [0.2, 0.25) is 0 Å². The van der Waals surface area contributed by atoms with Gasteiger partial charge < -0.3 is 14.8 Å². The third-order valence-corrected chi connectivity index (χ3v) is 3.50. The highest BCUT2D eigenvalue weighted by Crippen LogP contribution is 2.35. The fourth-order valence-electron chi connectivity index (χ4n) is 2.41. The summed E-state index contributed by atoms with van der Waals surface area (Å²) in [7, 11) is 3.66. The van der Waals surface area contributed by atoms with Crippen molar-refractivity contribution >= 4 is 12.4 Å². The Balaban J connectivity index is 0.000000293. The van der Waals surface area contributed by atoms with Gasteiger partial charge in [-0.2, -0.15) is 0 Å². The number of likely N-dealkylation sites (N-methyl/N-ethyl adjacent to an activating group) is 1. The Kier molecular flexibility index (Phi) is 8.41. The molecule has 1 N–H and O–H groups in total. The molecule has 0 amide bonds. The summed E-state index contributed by atoms with van der Waals surface area (Å²) in [6.07, 6.45) is 1.08. The molecule has 120 valence electrons. The summed E-state index contributed by atoms with van der Waals surface area (Å²) in [6, 6.07) is 18.1. The Bertz CT molecular complexity index is 507. The number of nitrogens with one attached hydrogen (secondary N) is 1. The van der Waals surface area contributed by atoms with Gasteiger partial charge in [0.15, 0.2) is 0 Å². The largest absolute Gasteiger partial charge is 0.497 e. The molecule has 0 aromatic heterocycles. The summed E-state index contributed by atoms with van der Waals surface area (Å²) in [6.45, 7) is 1.80. The zero-order valence-corrected chi connectivity index (χ0v) is 13.9. The van der Waals surface area contributed by atoms with Crippen LogP contribution in [0, 0.1) is 0 Å². The van der Waals surface area contributed by atoms with E-state index in [-0.39, 0.29) is 12.4 Å². The van der Waals surface area contributed by atoms with E-state index < -0.39 is 0 Å². The molecule has 0 radical (unpaired) electrons. The van der Waals surface area contributed by atoms with Crippen LogP contribution >= 0.6 is 12.4 Å². The van der Waals surface area contributed by atoms with Crippen LogP contribution in [0.2, 0.25) is 0 Å². The van der Waals surface area contributed by atoms with Crippen molar-refractivity contribution in [1.29, 1.82) is 0 Å². The highest BCUT2D eigenvalue weighted by atomic mass is 35.5. The van der Waals surface area contributed by atoms with Gasteiger partial charge in [-0.15, -0.1) is 12.4 Å². The maximum atomic E-state index is 5.63. The van der Waals surface area contributed by atoms with Crippen molar-refractivity contribution in [2.45, 2.75) is 12.3 Å². The number of methoxy groups -OCH3 is 1. The molecule has 22 heavy (non-hydrogen) atoms. The van der Waals surface area contributed by atoms with Crippen LogP contribution in [0.15, 0.2) is 54.6 Å². The van der Waals surface area contributed by atoms with E-state index >= 15 is 0 Å². The molecule has 0 saturated carbocycles. The van der Waals surface area contributed by atoms with Gasteiger partial charge in [-0.05, 0) is 25.1 Å². The van der Waals surface area contributed by atoms with Crippen LogP contribution in [0.3, 0.4) is 0 Å². The van der Waals surface area contributed by atoms with E-state index in [4.69, 9.17) is 9.47 Å². The van der Waals surface area contributed by atoms with Gasteiger partial charge in [0.25, 0.3) is 0 Å². The van der Waals surface area contributed by atoms with E-state index in [0.717, 1.165) is 31.1 Å². The lowest BCUT2D eigenvalue weighted by Crippen LogP contribution is -2.23. The Morgan fingerprint density at radius 3 is 2.32 bits per heavy atom. The Hall–Kier alpha value is -1.71. The van der Waals surface area contributed by atoms with Crippen LogP contribution < -0.4 is 14.8 Å². The minimum Gasteiger partial charge on any atom is -0.497 e. The minimum absolute atomic E-state index is 0. The Morgan fingerprint density at radius 1 is 1.14 bits per heavy atom. The molecule has 1 aliphatic rings. The van der Waals surface area contributed by atoms with Crippen molar-refractivity contribution in [3.63, 3.8) is 0 Å². The van der Waals surface area contributed by atoms with Gasteiger partial charge in [-0.25, -0.2) is 0 Å². The summed E-state index contributed by atoms with van der Waals surface area (Å²) in [5.74, 6) is 2.39. The molecule has 1 unspecified atom stereocenters. The van der Waals surface area contributed by atoms with E-state index in [1.807, 2.05) is 55.6 Å². The van der Waals surface area contributed by atoms with Gasteiger partial charge >= 0.3 is 0 Å². The summed E-state index contributed by atoms with van der Waals surface area (Å²) in [5.41, 5.74) is 1.29. The number of rotatable bonds is 3. The molecule has 1 aliphatic heterocycles. The average Bonchev–Trinajstić information content (AvgIpc) is 2.57. The van der Waals surface area contributed by atoms with Crippen LogP contribution in [-0.4, -0.2) is 27.3 Å². The maximum absolute atomic E-state index is 5.63. The summed E-state index contributed by atoms with van der Waals surface area (Å²) >= 11 is 0. The van der Waals surface area contributed by atoms with Crippen LogP contribution in [0.25, 0.3) is 0 Å². The number of fused-ring (bicyclic) bond motifs is 1. The normalized spacial score (nSPS) is 15.3. The van der Waals surface area contributed by atoms with Crippen LogP contribution in [0.4, 0.5) is 0 Å². The van der Waals surface area contributed by atoms with Crippen LogP contribution in [0.1, 0.15) is 17.9 Å². The lowest BCUT2D eigenvalue weighted by molar-refractivity contribution is 0.264. The molecule has 0 aliphatic carbocycles. The smallest absolute Gasteiger partial charge is 0.126 e. The van der Waals surface area contributed by atoms with Gasteiger partial charge in [0.1, 0.15) is 11.5 Å². The highest BCUT2D eigenvalue weighted by molar-refractivity contribution is 5.85. The molecule has 4 heteroatoms. The fourth-order valence-corrected chi connectivity index (χ4v) is 2.41. The first-order valence-corrected chi connectivity index (χ1v) is 7.30. The number of halogens is 1. The first-order valence-electron chi connectivity index (χ1n) is 7.30. The molecule has 2 aromatic carbocycles. The van der Waals surface area contributed by atoms with Crippen molar-refractivity contribution in [2.24, 2.45) is 0 Å². The lowest BCUT2D eigenvalue weighted by atomic mass is 9.93. The third-order valence-electron chi connectivity index (χ3n) is 3.50. The average molecular weight is 322 g/mol. The second-order valence-electron chi connectivity index (χ2n) is 4.95. The molecule has 0 bridgehead atoms. The zero-order valence-electron chi connectivity index (χ0n) is 13.1. The second-order valence-corrected chi connectivity index (χ2v) is 4.95. The van der Waals surface area contributed by atoms with E-state index in [0.29, 0.717) is 5.92 Å². The minimum atomic E-state index is 0. The molecule has 0 spiro atoms. The molecule has 3 nitrogen and oxygen atoms in total. The topological polar surface area (TPSA) is 30.5 Å². The first kappa shape index (κ1) is 18.3. The summed E-state index contributed by atoms with van der Waals surface area (Å²) in [4.78, 5) is 0. The van der Waals surface area contributed by atoms with Gasteiger partial charge in [0.05, 0.1) is 13.7 Å². The van der Waals surface area contributed by atoms with Crippen molar-refractivity contribution < 1.29 is 9.47 Å². The maximum Gasteiger partial charge on any atom is 0.126 e. The molecular formula is C18H24ClNO2.